The normalized spacial score (nSPS) is 18.7. The van der Waals surface area contributed by atoms with E-state index in [0.717, 1.165) is 31.6 Å². The SMILES string of the molecule is CCc1noc(C2CCCN(C(=O)c3cccnc3)C2)n1. The molecule has 0 radical (unpaired) electrons. The van der Waals surface area contributed by atoms with Crippen LogP contribution in [-0.2, 0) is 6.42 Å². The van der Waals surface area contributed by atoms with E-state index in [1.165, 1.54) is 0 Å². The molecule has 110 valence electrons. The van der Waals surface area contributed by atoms with Gasteiger partial charge in [0, 0.05) is 31.9 Å². The lowest BCUT2D eigenvalue weighted by atomic mass is 9.97. The van der Waals surface area contributed by atoms with E-state index in [1.807, 2.05) is 11.8 Å². The average molecular weight is 286 g/mol. The molecule has 0 N–H and O–H groups in total. The van der Waals surface area contributed by atoms with Gasteiger partial charge in [-0.05, 0) is 25.0 Å². The first-order chi connectivity index (χ1) is 10.3. The summed E-state index contributed by atoms with van der Waals surface area (Å²) in [6.45, 7) is 3.38. The zero-order chi connectivity index (χ0) is 14.7. The smallest absolute Gasteiger partial charge is 0.255 e. The molecule has 1 atom stereocenters. The van der Waals surface area contributed by atoms with E-state index in [9.17, 15) is 4.79 Å². The van der Waals surface area contributed by atoms with Gasteiger partial charge in [0.1, 0.15) is 0 Å². The molecule has 0 aromatic carbocycles. The number of aryl methyl sites for hydroxylation is 1. The molecule has 1 unspecified atom stereocenters. The molecule has 1 fully saturated rings. The van der Waals surface area contributed by atoms with Crippen LogP contribution in [-0.4, -0.2) is 39.0 Å². The second-order valence-corrected chi connectivity index (χ2v) is 5.23. The molecule has 3 rings (SSSR count). The minimum atomic E-state index is 0.0167. The van der Waals surface area contributed by atoms with Crippen molar-refractivity contribution in [2.75, 3.05) is 13.1 Å². The number of likely N-dealkylation sites (tertiary alicyclic amines) is 1. The van der Waals surface area contributed by atoms with Crippen molar-refractivity contribution in [3.8, 4) is 0 Å². The number of hydrogen-bond donors (Lipinski definition) is 0. The number of hydrogen-bond acceptors (Lipinski definition) is 5. The van der Waals surface area contributed by atoms with Crippen LogP contribution in [0, 0.1) is 0 Å². The third kappa shape index (κ3) is 2.94. The third-order valence-electron chi connectivity index (χ3n) is 3.77. The van der Waals surface area contributed by atoms with E-state index in [2.05, 4.69) is 15.1 Å². The topological polar surface area (TPSA) is 72.1 Å². The molecular weight excluding hydrogens is 268 g/mol. The van der Waals surface area contributed by atoms with Crippen molar-refractivity contribution in [2.24, 2.45) is 0 Å². The van der Waals surface area contributed by atoms with Crippen LogP contribution in [0.15, 0.2) is 29.0 Å². The lowest BCUT2D eigenvalue weighted by Crippen LogP contribution is -2.39. The minimum absolute atomic E-state index is 0.0167. The van der Waals surface area contributed by atoms with Crippen LogP contribution >= 0.6 is 0 Å². The van der Waals surface area contributed by atoms with E-state index in [1.54, 1.807) is 24.5 Å². The Bertz CT molecular complexity index is 611. The standard InChI is InChI=1S/C15H18N4O2/c1-2-13-17-14(21-18-13)12-6-4-8-19(10-12)15(20)11-5-3-7-16-9-11/h3,5,7,9,12H,2,4,6,8,10H2,1H3. The molecule has 0 bridgehead atoms. The highest BCUT2D eigenvalue weighted by molar-refractivity contribution is 5.93. The number of carbonyl (C=O) groups excluding carboxylic acids is 1. The molecule has 2 aromatic rings. The second kappa shape index (κ2) is 6.03. The Morgan fingerprint density at radius 3 is 3.14 bits per heavy atom. The lowest BCUT2D eigenvalue weighted by molar-refractivity contribution is 0.0695. The van der Waals surface area contributed by atoms with Gasteiger partial charge in [0.05, 0.1) is 11.5 Å². The molecule has 3 heterocycles. The highest BCUT2D eigenvalue weighted by atomic mass is 16.5. The van der Waals surface area contributed by atoms with Gasteiger partial charge in [-0.2, -0.15) is 4.98 Å². The van der Waals surface area contributed by atoms with E-state index in [0.29, 0.717) is 18.0 Å². The molecule has 0 spiro atoms. The number of carbonyl (C=O) groups is 1. The molecule has 6 nitrogen and oxygen atoms in total. The maximum Gasteiger partial charge on any atom is 0.255 e. The van der Waals surface area contributed by atoms with Crippen LogP contribution in [0.2, 0.25) is 0 Å². The summed E-state index contributed by atoms with van der Waals surface area (Å²) in [7, 11) is 0. The Morgan fingerprint density at radius 1 is 1.52 bits per heavy atom. The van der Waals surface area contributed by atoms with Crippen molar-refractivity contribution >= 4 is 5.91 Å². The molecule has 1 amide bonds. The summed E-state index contributed by atoms with van der Waals surface area (Å²) in [6, 6.07) is 3.57. The van der Waals surface area contributed by atoms with Crippen LogP contribution in [0.25, 0.3) is 0 Å². The monoisotopic (exact) mass is 286 g/mol. The fraction of sp³-hybridized carbons (Fsp3) is 0.467. The highest BCUT2D eigenvalue weighted by Crippen LogP contribution is 2.26. The maximum atomic E-state index is 12.5. The van der Waals surface area contributed by atoms with Gasteiger partial charge in [0.15, 0.2) is 5.82 Å². The van der Waals surface area contributed by atoms with E-state index < -0.39 is 0 Å². The summed E-state index contributed by atoms with van der Waals surface area (Å²) in [5, 5.41) is 3.94. The molecule has 0 aliphatic carbocycles. The van der Waals surface area contributed by atoms with Gasteiger partial charge in [-0.3, -0.25) is 9.78 Å². The molecular formula is C15H18N4O2. The lowest BCUT2D eigenvalue weighted by Gasteiger charge is -2.31. The summed E-state index contributed by atoms with van der Waals surface area (Å²) in [5.41, 5.74) is 0.623. The van der Waals surface area contributed by atoms with Crippen LogP contribution < -0.4 is 0 Å². The van der Waals surface area contributed by atoms with Crippen molar-refractivity contribution in [2.45, 2.75) is 32.1 Å². The Kier molecular flexibility index (Phi) is 3.94. The van der Waals surface area contributed by atoms with Crippen LogP contribution in [0.1, 0.15) is 47.8 Å². The highest BCUT2D eigenvalue weighted by Gasteiger charge is 2.28. The Labute approximate surface area is 123 Å². The van der Waals surface area contributed by atoms with Gasteiger partial charge in [-0.15, -0.1) is 0 Å². The molecule has 1 aliphatic heterocycles. The number of rotatable bonds is 3. The molecule has 21 heavy (non-hydrogen) atoms. The zero-order valence-corrected chi connectivity index (χ0v) is 12.0. The number of nitrogens with zero attached hydrogens (tertiary/aromatic N) is 4. The van der Waals surface area contributed by atoms with Gasteiger partial charge in [0.25, 0.3) is 5.91 Å². The average Bonchev–Trinajstić information content (AvgIpc) is 3.04. The number of aromatic nitrogens is 3. The quantitative estimate of drug-likeness (QED) is 0.863. The van der Waals surface area contributed by atoms with Crippen molar-refractivity contribution in [3.05, 3.63) is 41.8 Å². The van der Waals surface area contributed by atoms with Crippen LogP contribution in [0.4, 0.5) is 0 Å². The molecule has 1 saturated heterocycles. The number of pyridine rings is 1. The predicted octanol–water partition coefficient (Wildman–Crippen LogP) is 2.05. The minimum Gasteiger partial charge on any atom is -0.339 e. The van der Waals surface area contributed by atoms with Crippen molar-refractivity contribution in [1.29, 1.82) is 0 Å². The molecule has 2 aromatic heterocycles. The molecule has 1 aliphatic rings. The van der Waals surface area contributed by atoms with Gasteiger partial charge < -0.3 is 9.42 Å². The first kappa shape index (κ1) is 13.7. The van der Waals surface area contributed by atoms with E-state index in [4.69, 9.17) is 4.52 Å². The van der Waals surface area contributed by atoms with Gasteiger partial charge in [0.2, 0.25) is 5.89 Å². The summed E-state index contributed by atoms with van der Waals surface area (Å²) >= 11 is 0. The van der Waals surface area contributed by atoms with Gasteiger partial charge in [-0.25, -0.2) is 0 Å². The molecule has 6 heteroatoms. The third-order valence-corrected chi connectivity index (χ3v) is 3.77. The Balaban J connectivity index is 1.72. The number of piperidine rings is 1. The Hall–Kier alpha value is -2.24. The fourth-order valence-corrected chi connectivity index (χ4v) is 2.61. The summed E-state index contributed by atoms with van der Waals surface area (Å²) in [6.07, 6.45) is 5.95. The zero-order valence-electron chi connectivity index (χ0n) is 12.0. The van der Waals surface area contributed by atoms with E-state index in [-0.39, 0.29) is 11.8 Å². The summed E-state index contributed by atoms with van der Waals surface area (Å²) in [5.74, 6) is 1.52. The largest absolute Gasteiger partial charge is 0.339 e. The first-order valence-corrected chi connectivity index (χ1v) is 7.29. The van der Waals surface area contributed by atoms with Crippen LogP contribution in [0.5, 0.6) is 0 Å². The summed E-state index contributed by atoms with van der Waals surface area (Å²) in [4.78, 5) is 22.7. The van der Waals surface area contributed by atoms with E-state index >= 15 is 0 Å². The van der Waals surface area contributed by atoms with Gasteiger partial charge >= 0.3 is 0 Å². The summed E-state index contributed by atoms with van der Waals surface area (Å²) < 4.78 is 5.32. The fourth-order valence-electron chi connectivity index (χ4n) is 2.61. The maximum absolute atomic E-state index is 12.5. The predicted molar refractivity (Wildman–Crippen MR) is 75.8 cm³/mol. The number of amides is 1. The molecule has 0 saturated carbocycles. The van der Waals surface area contributed by atoms with Crippen molar-refractivity contribution < 1.29 is 9.32 Å². The van der Waals surface area contributed by atoms with Crippen molar-refractivity contribution in [3.63, 3.8) is 0 Å². The van der Waals surface area contributed by atoms with Crippen LogP contribution in [0.3, 0.4) is 0 Å². The first-order valence-electron chi connectivity index (χ1n) is 7.29. The van der Waals surface area contributed by atoms with Crippen molar-refractivity contribution in [1.82, 2.24) is 20.0 Å². The Morgan fingerprint density at radius 2 is 2.43 bits per heavy atom. The van der Waals surface area contributed by atoms with Gasteiger partial charge in [-0.1, -0.05) is 12.1 Å². The second-order valence-electron chi connectivity index (χ2n) is 5.23.